The second kappa shape index (κ2) is 8.47. The Morgan fingerprint density at radius 1 is 1.21 bits per heavy atom. The normalized spacial score (nSPS) is 15.7. The minimum Gasteiger partial charge on any atom is -0.352 e. The Kier molecular flexibility index (Phi) is 5.78. The number of nitrogens with zero attached hydrogens (tertiary/aromatic N) is 3. The van der Waals surface area contributed by atoms with Crippen LogP contribution in [-0.2, 0) is 17.9 Å². The van der Waals surface area contributed by atoms with Crippen LogP contribution in [0.15, 0.2) is 41.5 Å². The molecule has 6 nitrogen and oxygen atoms in total. The van der Waals surface area contributed by atoms with Gasteiger partial charge in [0.25, 0.3) is 5.56 Å². The molecule has 1 aromatic carbocycles. The van der Waals surface area contributed by atoms with Gasteiger partial charge in [-0.15, -0.1) is 11.3 Å². The summed E-state index contributed by atoms with van der Waals surface area (Å²) in [5, 5.41) is 3.73. The van der Waals surface area contributed by atoms with E-state index in [0.29, 0.717) is 5.39 Å². The van der Waals surface area contributed by atoms with Crippen molar-refractivity contribution in [1.82, 2.24) is 19.8 Å². The smallest absolute Gasteiger partial charge is 0.262 e. The van der Waals surface area contributed by atoms with E-state index in [1.807, 2.05) is 19.9 Å². The van der Waals surface area contributed by atoms with E-state index in [9.17, 15) is 9.59 Å². The van der Waals surface area contributed by atoms with Crippen LogP contribution in [0.25, 0.3) is 10.2 Å². The molecule has 1 N–H and O–H groups in total. The zero-order valence-corrected chi connectivity index (χ0v) is 17.7. The van der Waals surface area contributed by atoms with Gasteiger partial charge in [0, 0.05) is 30.6 Å². The molecule has 1 aliphatic heterocycles. The average Bonchev–Trinajstić information content (AvgIpc) is 3.01. The van der Waals surface area contributed by atoms with Crippen LogP contribution in [0.5, 0.6) is 0 Å². The number of rotatable bonds is 5. The first kappa shape index (κ1) is 19.8. The van der Waals surface area contributed by atoms with Crippen LogP contribution >= 0.6 is 11.3 Å². The molecule has 0 saturated carbocycles. The summed E-state index contributed by atoms with van der Waals surface area (Å²) in [5.74, 6) is -0.126. The highest BCUT2D eigenvalue weighted by atomic mass is 32.1. The topological polar surface area (TPSA) is 67.2 Å². The molecule has 3 aromatic rings. The summed E-state index contributed by atoms with van der Waals surface area (Å²) in [6, 6.07) is 10.6. The third-order valence-electron chi connectivity index (χ3n) is 5.67. The molecule has 3 heterocycles. The molecule has 152 valence electrons. The molecule has 1 aliphatic rings. The molecule has 0 bridgehead atoms. The molecular weight excluding hydrogens is 384 g/mol. The molecule has 4 rings (SSSR count). The van der Waals surface area contributed by atoms with Crippen LogP contribution in [-0.4, -0.2) is 39.5 Å². The number of fused-ring (bicyclic) bond motifs is 1. The van der Waals surface area contributed by atoms with E-state index in [2.05, 4.69) is 39.5 Å². The van der Waals surface area contributed by atoms with Gasteiger partial charge >= 0.3 is 0 Å². The van der Waals surface area contributed by atoms with Crippen LogP contribution < -0.4 is 10.9 Å². The van der Waals surface area contributed by atoms with Crippen LogP contribution in [0.3, 0.4) is 0 Å². The average molecular weight is 411 g/mol. The number of carbonyl (C=O) groups excluding carboxylic acids is 1. The van der Waals surface area contributed by atoms with Crippen molar-refractivity contribution in [3.8, 4) is 0 Å². The Labute approximate surface area is 174 Å². The van der Waals surface area contributed by atoms with Gasteiger partial charge in [0.05, 0.1) is 11.7 Å². The summed E-state index contributed by atoms with van der Waals surface area (Å²) in [4.78, 5) is 33.9. The second-order valence-electron chi connectivity index (χ2n) is 7.74. The fraction of sp³-hybridized carbons (Fsp3) is 0.409. The minimum absolute atomic E-state index is 0.0142. The lowest BCUT2D eigenvalue weighted by Gasteiger charge is -2.32. The lowest BCUT2D eigenvalue weighted by molar-refractivity contribution is -0.122. The molecule has 0 radical (unpaired) electrons. The lowest BCUT2D eigenvalue weighted by atomic mass is 10.0. The zero-order chi connectivity index (χ0) is 20.4. The maximum Gasteiger partial charge on any atom is 0.262 e. The van der Waals surface area contributed by atoms with Crippen LogP contribution in [0, 0.1) is 13.8 Å². The highest BCUT2D eigenvalue weighted by molar-refractivity contribution is 7.18. The van der Waals surface area contributed by atoms with Crippen molar-refractivity contribution in [3.63, 3.8) is 0 Å². The first-order valence-electron chi connectivity index (χ1n) is 10.0. The predicted octanol–water partition coefficient (Wildman–Crippen LogP) is 2.86. The van der Waals surface area contributed by atoms with Gasteiger partial charge in [-0.3, -0.25) is 19.1 Å². The van der Waals surface area contributed by atoms with Gasteiger partial charge in [-0.2, -0.15) is 0 Å². The van der Waals surface area contributed by atoms with Crippen molar-refractivity contribution in [1.29, 1.82) is 0 Å². The lowest BCUT2D eigenvalue weighted by Crippen LogP contribution is -2.45. The van der Waals surface area contributed by atoms with Gasteiger partial charge in [0.2, 0.25) is 5.91 Å². The number of aromatic nitrogens is 2. The summed E-state index contributed by atoms with van der Waals surface area (Å²) in [7, 11) is 0. The predicted molar refractivity (Wildman–Crippen MR) is 116 cm³/mol. The molecule has 0 spiro atoms. The fourth-order valence-corrected chi connectivity index (χ4v) is 4.88. The molecule has 2 aromatic heterocycles. The van der Waals surface area contributed by atoms with Gasteiger partial charge in [-0.05, 0) is 37.8 Å². The number of nitrogens with one attached hydrogen (secondary N) is 1. The Bertz CT molecular complexity index is 1070. The van der Waals surface area contributed by atoms with Gasteiger partial charge < -0.3 is 5.32 Å². The van der Waals surface area contributed by atoms with Gasteiger partial charge in [-0.1, -0.05) is 30.3 Å². The SMILES string of the molecule is Cc1sc2ncn(CC(=O)NC3CCN(Cc4ccccc4)CC3)c(=O)c2c1C. The van der Waals surface area contributed by atoms with Crippen LogP contribution in [0.4, 0.5) is 0 Å². The molecule has 0 aliphatic carbocycles. The number of amides is 1. The summed E-state index contributed by atoms with van der Waals surface area (Å²) in [6.07, 6.45) is 3.34. The van der Waals surface area contributed by atoms with Crippen LogP contribution in [0.1, 0.15) is 28.8 Å². The van der Waals surface area contributed by atoms with Crippen molar-refractivity contribution in [3.05, 3.63) is 63.0 Å². The Morgan fingerprint density at radius 3 is 2.66 bits per heavy atom. The molecule has 29 heavy (non-hydrogen) atoms. The molecule has 0 atom stereocenters. The van der Waals surface area contributed by atoms with E-state index >= 15 is 0 Å². The molecule has 1 saturated heterocycles. The Balaban J connectivity index is 1.33. The van der Waals surface area contributed by atoms with Gasteiger partial charge in [0.15, 0.2) is 0 Å². The maximum atomic E-state index is 12.7. The highest BCUT2D eigenvalue weighted by Gasteiger charge is 2.21. The maximum absolute atomic E-state index is 12.7. The highest BCUT2D eigenvalue weighted by Crippen LogP contribution is 2.25. The minimum atomic E-state index is -0.135. The fourth-order valence-electron chi connectivity index (χ4n) is 3.89. The number of thiophene rings is 1. The van der Waals surface area contributed by atoms with E-state index in [4.69, 9.17) is 0 Å². The summed E-state index contributed by atoms with van der Waals surface area (Å²) < 4.78 is 1.42. The zero-order valence-electron chi connectivity index (χ0n) is 16.9. The molecule has 1 amide bonds. The summed E-state index contributed by atoms with van der Waals surface area (Å²) in [6.45, 7) is 6.80. The number of likely N-dealkylation sites (tertiary alicyclic amines) is 1. The van der Waals surface area contributed by atoms with Gasteiger partial charge in [0.1, 0.15) is 11.4 Å². The van der Waals surface area contributed by atoms with E-state index in [0.717, 1.165) is 47.7 Å². The van der Waals surface area contributed by atoms with E-state index in [1.54, 1.807) is 0 Å². The molecule has 0 unspecified atom stereocenters. The van der Waals surface area contributed by atoms with Gasteiger partial charge in [-0.25, -0.2) is 4.98 Å². The monoisotopic (exact) mass is 410 g/mol. The van der Waals surface area contributed by atoms with Crippen molar-refractivity contribution < 1.29 is 4.79 Å². The number of hydrogen-bond donors (Lipinski definition) is 1. The second-order valence-corrected chi connectivity index (χ2v) is 8.95. The number of aryl methyl sites for hydroxylation is 2. The Morgan fingerprint density at radius 2 is 1.93 bits per heavy atom. The quantitative estimate of drug-likeness (QED) is 0.702. The first-order chi connectivity index (χ1) is 14.0. The third kappa shape index (κ3) is 4.41. The van der Waals surface area contributed by atoms with Crippen LogP contribution in [0.2, 0.25) is 0 Å². The number of benzene rings is 1. The molecule has 1 fully saturated rings. The molecule has 7 heteroatoms. The summed E-state index contributed by atoms with van der Waals surface area (Å²) in [5.41, 5.74) is 2.14. The standard InChI is InChI=1S/C22H26N4O2S/c1-15-16(2)29-21-20(15)22(28)26(14-23-21)13-19(27)24-18-8-10-25(11-9-18)12-17-6-4-3-5-7-17/h3-7,14,18H,8-13H2,1-2H3,(H,24,27). The number of hydrogen-bond acceptors (Lipinski definition) is 5. The summed E-state index contributed by atoms with van der Waals surface area (Å²) >= 11 is 1.52. The van der Waals surface area contributed by atoms with Crippen molar-refractivity contribution in [2.24, 2.45) is 0 Å². The van der Waals surface area contributed by atoms with E-state index in [1.165, 1.54) is 27.8 Å². The third-order valence-corrected chi connectivity index (χ3v) is 6.79. The molecular formula is C22H26N4O2S. The largest absolute Gasteiger partial charge is 0.352 e. The number of carbonyl (C=O) groups is 1. The van der Waals surface area contributed by atoms with Crippen molar-refractivity contribution >= 4 is 27.5 Å². The number of piperidine rings is 1. The van der Waals surface area contributed by atoms with E-state index < -0.39 is 0 Å². The van der Waals surface area contributed by atoms with Crippen molar-refractivity contribution in [2.75, 3.05) is 13.1 Å². The van der Waals surface area contributed by atoms with Crippen molar-refractivity contribution in [2.45, 2.75) is 45.8 Å². The first-order valence-corrected chi connectivity index (χ1v) is 10.8. The van der Waals surface area contributed by atoms with E-state index in [-0.39, 0.29) is 24.1 Å². The Hall–Kier alpha value is -2.51.